The third-order valence-corrected chi connectivity index (χ3v) is 4.15. The van der Waals surface area contributed by atoms with Crippen molar-refractivity contribution in [3.8, 4) is 0 Å². The molecule has 2 nitrogen and oxygen atoms in total. The van der Waals surface area contributed by atoms with E-state index in [0.717, 1.165) is 0 Å². The van der Waals surface area contributed by atoms with Gasteiger partial charge in [-0.3, -0.25) is 0 Å². The molecule has 0 amide bonds. The lowest BCUT2D eigenvalue weighted by Gasteiger charge is -2.27. The molecule has 0 heterocycles. The summed E-state index contributed by atoms with van der Waals surface area (Å²) in [5.74, 6) is 0.622. The number of anilines is 1. The van der Waals surface area contributed by atoms with Crippen LogP contribution in [0, 0.1) is 12.8 Å². The summed E-state index contributed by atoms with van der Waals surface area (Å²) in [6, 6.07) is 8.54. The molecule has 18 heavy (non-hydrogen) atoms. The highest BCUT2D eigenvalue weighted by Crippen LogP contribution is 2.27. The van der Waals surface area contributed by atoms with E-state index >= 15 is 0 Å². The second-order valence-electron chi connectivity index (χ2n) is 5.50. The Bertz CT molecular complexity index is 356. The van der Waals surface area contributed by atoms with Crippen LogP contribution in [0.2, 0.25) is 0 Å². The molecule has 100 valence electrons. The van der Waals surface area contributed by atoms with Crippen LogP contribution in [0.4, 0.5) is 5.69 Å². The van der Waals surface area contributed by atoms with Gasteiger partial charge < -0.3 is 10.4 Å². The minimum Gasteiger partial charge on any atom is -0.394 e. The van der Waals surface area contributed by atoms with E-state index < -0.39 is 0 Å². The van der Waals surface area contributed by atoms with Crippen molar-refractivity contribution < 1.29 is 5.11 Å². The minimum atomic E-state index is 0.212. The number of aryl methyl sites for hydroxylation is 1. The summed E-state index contributed by atoms with van der Waals surface area (Å²) in [4.78, 5) is 0. The Hall–Kier alpha value is -1.02. The normalized spacial score (nSPS) is 19.2. The summed E-state index contributed by atoms with van der Waals surface area (Å²) in [5, 5.41) is 13.2. The summed E-state index contributed by atoms with van der Waals surface area (Å²) in [7, 11) is 0. The van der Waals surface area contributed by atoms with Gasteiger partial charge in [-0.1, -0.05) is 43.9 Å². The van der Waals surface area contributed by atoms with Crippen molar-refractivity contribution >= 4 is 5.69 Å². The lowest BCUT2D eigenvalue weighted by molar-refractivity contribution is 0.227. The Morgan fingerprint density at radius 1 is 1.17 bits per heavy atom. The molecule has 1 saturated carbocycles. The molecule has 1 aromatic rings. The molecule has 1 aliphatic carbocycles. The molecule has 1 atom stereocenters. The SMILES string of the molecule is Cc1ccccc1NC(CO)C1CCCCCC1. The van der Waals surface area contributed by atoms with Gasteiger partial charge in [-0.25, -0.2) is 0 Å². The maximum absolute atomic E-state index is 9.66. The van der Waals surface area contributed by atoms with E-state index in [0.29, 0.717) is 5.92 Å². The van der Waals surface area contributed by atoms with Crippen molar-refractivity contribution in [2.45, 2.75) is 51.5 Å². The van der Waals surface area contributed by atoms with Gasteiger partial charge >= 0.3 is 0 Å². The molecule has 0 aromatic heterocycles. The highest BCUT2D eigenvalue weighted by Gasteiger charge is 2.22. The molecule has 0 saturated heterocycles. The molecule has 1 aromatic carbocycles. The molecule has 2 N–H and O–H groups in total. The number of para-hydroxylation sites is 1. The number of rotatable bonds is 4. The fourth-order valence-electron chi connectivity index (χ4n) is 2.96. The van der Waals surface area contributed by atoms with Gasteiger partial charge in [0, 0.05) is 5.69 Å². The molecule has 0 radical (unpaired) electrons. The van der Waals surface area contributed by atoms with Crippen molar-refractivity contribution in [3.05, 3.63) is 29.8 Å². The van der Waals surface area contributed by atoms with Gasteiger partial charge in [0.25, 0.3) is 0 Å². The Morgan fingerprint density at radius 2 is 1.83 bits per heavy atom. The smallest absolute Gasteiger partial charge is 0.0635 e. The van der Waals surface area contributed by atoms with Crippen molar-refractivity contribution in [2.24, 2.45) is 5.92 Å². The van der Waals surface area contributed by atoms with Crippen LogP contribution in [0.5, 0.6) is 0 Å². The average molecular weight is 247 g/mol. The summed E-state index contributed by atoms with van der Waals surface area (Å²) in [5.41, 5.74) is 2.42. The summed E-state index contributed by atoms with van der Waals surface area (Å²) < 4.78 is 0. The van der Waals surface area contributed by atoms with E-state index in [2.05, 4.69) is 36.5 Å². The highest BCUT2D eigenvalue weighted by atomic mass is 16.3. The van der Waals surface area contributed by atoms with E-state index in [1.807, 2.05) is 0 Å². The Kier molecular flexibility index (Phi) is 5.06. The fraction of sp³-hybridized carbons (Fsp3) is 0.625. The third-order valence-electron chi connectivity index (χ3n) is 4.15. The zero-order valence-electron chi connectivity index (χ0n) is 11.4. The molecule has 1 fully saturated rings. The number of aliphatic hydroxyl groups is 1. The Morgan fingerprint density at radius 3 is 2.44 bits per heavy atom. The number of aliphatic hydroxyl groups excluding tert-OH is 1. The number of nitrogens with one attached hydrogen (secondary N) is 1. The van der Waals surface area contributed by atoms with E-state index in [9.17, 15) is 5.11 Å². The van der Waals surface area contributed by atoms with Gasteiger partial charge in [0.05, 0.1) is 12.6 Å². The minimum absolute atomic E-state index is 0.212. The van der Waals surface area contributed by atoms with Gasteiger partial charge in [0.1, 0.15) is 0 Å². The average Bonchev–Trinajstić information content (AvgIpc) is 2.67. The number of hydrogen-bond donors (Lipinski definition) is 2. The van der Waals surface area contributed by atoms with Crippen molar-refractivity contribution in [2.75, 3.05) is 11.9 Å². The summed E-state index contributed by atoms with van der Waals surface area (Å²) in [6.07, 6.45) is 7.86. The zero-order chi connectivity index (χ0) is 12.8. The van der Waals surface area contributed by atoms with Crippen LogP contribution in [0.1, 0.15) is 44.1 Å². The molecule has 0 aliphatic heterocycles. The molecular formula is C16H25NO. The van der Waals surface area contributed by atoms with Gasteiger partial charge in [0.2, 0.25) is 0 Å². The number of hydrogen-bond acceptors (Lipinski definition) is 2. The predicted octanol–water partition coefficient (Wildman–Crippen LogP) is 3.74. The van der Waals surface area contributed by atoms with Crippen LogP contribution in [0.3, 0.4) is 0 Å². The van der Waals surface area contributed by atoms with Crippen LogP contribution < -0.4 is 5.32 Å². The van der Waals surface area contributed by atoms with Crippen LogP contribution in [-0.4, -0.2) is 17.8 Å². The fourth-order valence-corrected chi connectivity index (χ4v) is 2.96. The van der Waals surface area contributed by atoms with Crippen LogP contribution >= 0.6 is 0 Å². The molecule has 0 spiro atoms. The van der Waals surface area contributed by atoms with E-state index in [4.69, 9.17) is 0 Å². The topological polar surface area (TPSA) is 32.3 Å². The van der Waals surface area contributed by atoms with Crippen molar-refractivity contribution in [1.29, 1.82) is 0 Å². The van der Waals surface area contributed by atoms with Crippen LogP contribution in [-0.2, 0) is 0 Å². The molecular weight excluding hydrogens is 222 g/mol. The van der Waals surface area contributed by atoms with Gasteiger partial charge in [0.15, 0.2) is 0 Å². The standard InChI is InChI=1S/C16H25NO/c1-13-8-6-7-11-15(13)17-16(12-18)14-9-4-2-3-5-10-14/h6-8,11,14,16-18H,2-5,9-10,12H2,1H3. The quantitative estimate of drug-likeness (QED) is 0.794. The molecule has 1 aliphatic rings. The maximum atomic E-state index is 9.66. The Labute approximate surface area is 110 Å². The molecule has 2 heteroatoms. The lowest BCUT2D eigenvalue weighted by atomic mass is 9.92. The first-order valence-corrected chi connectivity index (χ1v) is 7.24. The van der Waals surface area contributed by atoms with Crippen molar-refractivity contribution in [1.82, 2.24) is 0 Å². The molecule has 2 rings (SSSR count). The monoisotopic (exact) mass is 247 g/mol. The maximum Gasteiger partial charge on any atom is 0.0635 e. The predicted molar refractivity (Wildman–Crippen MR) is 76.9 cm³/mol. The van der Waals surface area contributed by atoms with E-state index in [1.54, 1.807) is 0 Å². The van der Waals surface area contributed by atoms with Crippen LogP contribution in [0.25, 0.3) is 0 Å². The largest absolute Gasteiger partial charge is 0.394 e. The first-order chi connectivity index (χ1) is 8.81. The second-order valence-corrected chi connectivity index (χ2v) is 5.50. The molecule has 0 bridgehead atoms. The van der Waals surface area contributed by atoms with Gasteiger partial charge in [-0.2, -0.15) is 0 Å². The Balaban J connectivity index is 2.02. The highest BCUT2D eigenvalue weighted by molar-refractivity contribution is 5.51. The number of benzene rings is 1. The summed E-state index contributed by atoms with van der Waals surface area (Å²) >= 11 is 0. The van der Waals surface area contributed by atoms with Crippen molar-refractivity contribution in [3.63, 3.8) is 0 Å². The van der Waals surface area contributed by atoms with Crippen LogP contribution in [0.15, 0.2) is 24.3 Å². The van der Waals surface area contributed by atoms with Gasteiger partial charge in [-0.15, -0.1) is 0 Å². The second kappa shape index (κ2) is 6.79. The third kappa shape index (κ3) is 3.49. The zero-order valence-corrected chi connectivity index (χ0v) is 11.4. The molecule has 1 unspecified atom stereocenters. The first kappa shape index (κ1) is 13.4. The van der Waals surface area contributed by atoms with Gasteiger partial charge in [-0.05, 0) is 37.3 Å². The first-order valence-electron chi connectivity index (χ1n) is 7.24. The lowest BCUT2D eigenvalue weighted by Crippen LogP contribution is -2.32. The van der Waals surface area contributed by atoms with E-state index in [-0.39, 0.29) is 12.6 Å². The van der Waals surface area contributed by atoms with E-state index in [1.165, 1.54) is 49.8 Å². The summed E-state index contributed by atoms with van der Waals surface area (Å²) in [6.45, 7) is 2.35.